The van der Waals surface area contributed by atoms with Crippen molar-refractivity contribution in [2.24, 2.45) is 45.3 Å². The highest BCUT2D eigenvalue weighted by Gasteiger charge is 2.67. The van der Waals surface area contributed by atoms with Gasteiger partial charge in [0.15, 0.2) is 0 Å². The highest BCUT2D eigenvalue weighted by molar-refractivity contribution is 5.90. The number of nitrogen functional groups attached to an aromatic ring is 1. The van der Waals surface area contributed by atoms with Gasteiger partial charge < -0.3 is 10.5 Å². The molecule has 4 aliphatic carbocycles. The molecule has 4 saturated carbocycles. The zero-order valence-corrected chi connectivity index (χ0v) is 23.4. The minimum atomic E-state index is -0.215. The fourth-order valence-electron chi connectivity index (χ4n) is 10.6. The third-order valence-corrected chi connectivity index (χ3v) is 12.7. The van der Waals surface area contributed by atoms with E-state index in [1.54, 1.807) is 6.07 Å². The molecule has 1 aromatic carbocycles. The Balaban J connectivity index is 1.38. The monoisotopic (exact) mass is 479 g/mol. The first kappa shape index (κ1) is 25.2. The Bertz CT molecular complexity index is 979. The summed E-state index contributed by atoms with van der Waals surface area (Å²) >= 11 is 0. The summed E-state index contributed by atoms with van der Waals surface area (Å²) in [6.45, 7) is 17.1. The molecule has 0 aromatic heterocycles. The van der Waals surface area contributed by atoms with Gasteiger partial charge in [-0.05, 0) is 122 Å². The quantitative estimate of drug-likeness (QED) is 0.351. The number of aryl methyl sites for hydroxylation is 1. The second kappa shape index (κ2) is 8.25. The molecule has 2 N–H and O–H groups in total. The van der Waals surface area contributed by atoms with E-state index in [1.807, 2.05) is 19.1 Å². The van der Waals surface area contributed by atoms with Crippen molar-refractivity contribution >= 4 is 11.7 Å². The van der Waals surface area contributed by atoms with Crippen LogP contribution in [0.5, 0.6) is 0 Å². The molecule has 35 heavy (non-hydrogen) atoms. The summed E-state index contributed by atoms with van der Waals surface area (Å²) in [6, 6.07) is 5.55. The van der Waals surface area contributed by atoms with Crippen LogP contribution in [0.2, 0.25) is 0 Å². The number of carbonyl (C=O) groups is 1. The topological polar surface area (TPSA) is 52.3 Å². The molecule has 0 saturated heterocycles. The van der Waals surface area contributed by atoms with Gasteiger partial charge in [0.05, 0.1) is 5.56 Å². The Morgan fingerprint density at radius 3 is 2.31 bits per heavy atom. The van der Waals surface area contributed by atoms with Crippen LogP contribution in [-0.4, -0.2) is 12.1 Å². The lowest BCUT2D eigenvalue weighted by Crippen LogP contribution is -2.61. The van der Waals surface area contributed by atoms with E-state index >= 15 is 0 Å². The maximum Gasteiger partial charge on any atom is 0.338 e. The van der Waals surface area contributed by atoms with Gasteiger partial charge in [0, 0.05) is 11.1 Å². The van der Waals surface area contributed by atoms with Crippen molar-refractivity contribution in [2.45, 2.75) is 112 Å². The van der Waals surface area contributed by atoms with Crippen molar-refractivity contribution in [1.82, 2.24) is 0 Å². The zero-order chi connectivity index (χ0) is 25.4. The Morgan fingerprint density at radius 1 is 0.914 bits per heavy atom. The van der Waals surface area contributed by atoms with Crippen molar-refractivity contribution in [2.75, 3.05) is 5.73 Å². The van der Waals surface area contributed by atoms with E-state index in [1.165, 1.54) is 51.4 Å². The summed E-state index contributed by atoms with van der Waals surface area (Å²) < 4.78 is 6.27. The number of hydrogen-bond donors (Lipinski definition) is 1. The number of benzene rings is 1. The SMILES string of the molecule is CCC1CCC2(C)C3CCC4C(C)(C)C(OC(=O)c5cc(C)cc(N)c5)CCC4(C)C3CCC12C. The molecule has 3 nitrogen and oxygen atoms in total. The van der Waals surface area contributed by atoms with Crippen LogP contribution in [0.1, 0.15) is 115 Å². The number of hydrogen-bond acceptors (Lipinski definition) is 3. The van der Waals surface area contributed by atoms with Crippen molar-refractivity contribution < 1.29 is 9.53 Å². The number of rotatable bonds is 3. The van der Waals surface area contributed by atoms with Gasteiger partial charge in [-0.1, -0.05) is 48.0 Å². The first-order chi connectivity index (χ1) is 16.4. The van der Waals surface area contributed by atoms with E-state index in [9.17, 15) is 4.79 Å². The Labute approximate surface area is 214 Å². The van der Waals surface area contributed by atoms with Crippen LogP contribution in [0, 0.1) is 52.3 Å². The lowest BCUT2D eigenvalue weighted by Gasteiger charge is -2.67. The van der Waals surface area contributed by atoms with E-state index < -0.39 is 0 Å². The van der Waals surface area contributed by atoms with Crippen molar-refractivity contribution in [3.63, 3.8) is 0 Å². The maximum atomic E-state index is 13.2. The summed E-state index contributed by atoms with van der Waals surface area (Å²) in [5.74, 6) is 2.95. The Hall–Kier alpha value is -1.51. The van der Waals surface area contributed by atoms with E-state index in [0.29, 0.717) is 33.4 Å². The van der Waals surface area contributed by atoms with Crippen LogP contribution in [-0.2, 0) is 4.74 Å². The summed E-state index contributed by atoms with van der Waals surface area (Å²) in [5.41, 5.74) is 9.56. The predicted molar refractivity (Wildman–Crippen MR) is 144 cm³/mol. The van der Waals surface area contributed by atoms with Crippen molar-refractivity contribution in [1.29, 1.82) is 0 Å². The Kier molecular flexibility index (Phi) is 5.93. The van der Waals surface area contributed by atoms with Gasteiger partial charge >= 0.3 is 5.97 Å². The molecule has 0 aliphatic heterocycles. The van der Waals surface area contributed by atoms with Gasteiger partial charge in [-0.25, -0.2) is 4.79 Å². The molecule has 0 amide bonds. The first-order valence-electron chi connectivity index (χ1n) is 14.4. The second-order valence-electron chi connectivity index (χ2n) is 14.3. The van der Waals surface area contributed by atoms with Crippen LogP contribution < -0.4 is 5.73 Å². The van der Waals surface area contributed by atoms with E-state index in [2.05, 4.69) is 41.5 Å². The van der Waals surface area contributed by atoms with Crippen molar-refractivity contribution in [3.8, 4) is 0 Å². The van der Waals surface area contributed by atoms with Crippen LogP contribution in [0.3, 0.4) is 0 Å². The normalized spacial score (nSPS) is 44.1. The highest BCUT2D eigenvalue weighted by atomic mass is 16.5. The largest absolute Gasteiger partial charge is 0.458 e. The molecule has 4 fully saturated rings. The molecule has 8 atom stereocenters. The number of esters is 1. The first-order valence-corrected chi connectivity index (χ1v) is 14.4. The van der Waals surface area contributed by atoms with Crippen LogP contribution in [0.15, 0.2) is 18.2 Å². The van der Waals surface area contributed by atoms with Crippen LogP contribution in [0.25, 0.3) is 0 Å². The molecule has 1 aromatic rings. The smallest absolute Gasteiger partial charge is 0.338 e. The molecule has 0 radical (unpaired) electrons. The lowest BCUT2D eigenvalue weighted by atomic mass is 9.38. The fraction of sp³-hybridized carbons (Fsp3) is 0.781. The minimum absolute atomic E-state index is 0.0215. The molecule has 0 spiro atoms. The minimum Gasteiger partial charge on any atom is -0.458 e. The highest BCUT2D eigenvalue weighted by Crippen LogP contribution is 2.74. The number of nitrogens with two attached hydrogens (primary N) is 1. The molecule has 0 heterocycles. The standard InChI is InChI=1S/C32H49NO2/c1-8-22-11-15-32(7)25-9-10-26-29(3,4)27(35-28(34)21-17-20(2)18-23(33)19-21)13-14-30(26,5)24(25)12-16-31(22,32)6/h17-19,22,24-27H,8-16,33H2,1-7H3. The van der Waals surface area contributed by atoms with Gasteiger partial charge in [0.2, 0.25) is 0 Å². The summed E-state index contributed by atoms with van der Waals surface area (Å²) in [5, 5.41) is 0. The average molecular weight is 480 g/mol. The molecule has 8 unspecified atom stereocenters. The number of ether oxygens (including phenoxy) is 1. The predicted octanol–water partition coefficient (Wildman–Crippen LogP) is 8.20. The molecule has 4 aliphatic rings. The van der Waals surface area contributed by atoms with Gasteiger partial charge in [-0.2, -0.15) is 0 Å². The van der Waals surface area contributed by atoms with Gasteiger partial charge in [0.25, 0.3) is 0 Å². The molecular formula is C32H49NO2. The third-order valence-electron chi connectivity index (χ3n) is 12.7. The number of carbonyl (C=O) groups excluding carboxylic acids is 1. The second-order valence-corrected chi connectivity index (χ2v) is 14.3. The average Bonchev–Trinajstić information content (AvgIpc) is 3.05. The van der Waals surface area contributed by atoms with E-state index in [-0.39, 0.29) is 17.5 Å². The van der Waals surface area contributed by atoms with Crippen molar-refractivity contribution in [3.05, 3.63) is 29.3 Å². The lowest BCUT2D eigenvalue weighted by molar-refractivity contribution is -0.199. The molecule has 5 rings (SSSR count). The third kappa shape index (κ3) is 3.53. The van der Waals surface area contributed by atoms with Gasteiger partial charge in [-0.15, -0.1) is 0 Å². The van der Waals surface area contributed by atoms with Crippen LogP contribution in [0.4, 0.5) is 5.69 Å². The van der Waals surface area contributed by atoms with Gasteiger partial charge in [0.1, 0.15) is 6.10 Å². The van der Waals surface area contributed by atoms with Crippen LogP contribution >= 0.6 is 0 Å². The fourth-order valence-corrected chi connectivity index (χ4v) is 10.6. The zero-order valence-electron chi connectivity index (χ0n) is 23.4. The maximum absolute atomic E-state index is 13.2. The van der Waals surface area contributed by atoms with E-state index in [0.717, 1.165) is 29.7 Å². The van der Waals surface area contributed by atoms with Gasteiger partial charge in [-0.3, -0.25) is 0 Å². The number of anilines is 1. The molecule has 0 bridgehead atoms. The summed E-state index contributed by atoms with van der Waals surface area (Å²) in [6.07, 6.45) is 11.7. The molecular weight excluding hydrogens is 430 g/mol. The molecule has 194 valence electrons. The number of fused-ring (bicyclic) bond motifs is 5. The summed E-state index contributed by atoms with van der Waals surface area (Å²) in [7, 11) is 0. The van der Waals surface area contributed by atoms with E-state index in [4.69, 9.17) is 10.5 Å². The Morgan fingerprint density at radius 2 is 1.63 bits per heavy atom. The molecule has 3 heteroatoms. The summed E-state index contributed by atoms with van der Waals surface area (Å²) in [4.78, 5) is 13.2.